The number of anilines is 2. The summed E-state index contributed by atoms with van der Waals surface area (Å²) in [6, 6.07) is 6.04. The van der Waals surface area contributed by atoms with Gasteiger partial charge in [-0.25, -0.2) is 16.3 Å². The van der Waals surface area contributed by atoms with Crippen molar-refractivity contribution in [1.82, 2.24) is 25.3 Å². The summed E-state index contributed by atoms with van der Waals surface area (Å²) < 4.78 is 5.39. The molecule has 4 rings (SSSR count). The number of benzene rings is 1. The minimum atomic E-state index is 0.203. The summed E-state index contributed by atoms with van der Waals surface area (Å²) in [7, 11) is 0. The van der Waals surface area contributed by atoms with Crippen molar-refractivity contribution < 1.29 is 4.74 Å². The zero-order valence-electron chi connectivity index (χ0n) is 14.6. The highest BCUT2D eigenvalue weighted by molar-refractivity contribution is 5.92. The van der Waals surface area contributed by atoms with Gasteiger partial charge in [-0.05, 0) is 23.3 Å². The molecule has 0 spiro atoms. The summed E-state index contributed by atoms with van der Waals surface area (Å²) in [6.07, 6.45) is 2.16. The largest absolute Gasteiger partial charge is 0.379 e. The van der Waals surface area contributed by atoms with Crippen LogP contribution in [0.2, 0.25) is 0 Å². The van der Waals surface area contributed by atoms with E-state index in [2.05, 4.69) is 36.9 Å². The molecule has 0 radical (unpaired) electrons. The molecule has 0 unspecified atom stereocenters. The molecule has 0 saturated carbocycles. The summed E-state index contributed by atoms with van der Waals surface area (Å²) in [6.45, 7) is 6.42. The van der Waals surface area contributed by atoms with Crippen LogP contribution in [0.25, 0.3) is 16.5 Å². The first-order valence-corrected chi connectivity index (χ1v) is 8.78. The standard InChI is InChI=1S/C17H24N8O/c18-17-21-15-2-1-12(9-14(15)16(22-17)23-19)13-10-20-25(11-13)4-3-24-5-7-26-8-6-24/h1-2,9,11,20H,3-8,10,19H2,(H3,18,21,22,23). The predicted octanol–water partition coefficient (Wildman–Crippen LogP) is -0.00910. The number of hydrogen-bond donors (Lipinski definition) is 4. The lowest BCUT2D eigenvalue weighted by Gasteiger charge is -2.28. The first-order chi connectivity index (χ1) is 12.7. The average molecular weight is 356 g/mol. The van der Waals surface area contributed by atoms with Gasteiger partial charge in [-0.15, -0.1) is 0 Å². The van der Waals surface area contributed by atoms with E-state index in [9.17, 15) is 0 Å². The lowest BCUT2D eigenvalue weighted by molar-refractivity contribution is 0.0340. The number of rotatable bonds is 5. The average Bonchev–Trinajstić information content (AvgIpc) is 3.15. The van der Waals surface area contributed by atoms with Crippen LogP contribution in [-0.2, 0) is 4.74 Å². The number of hydrazine groups is 2. The second kappa shape index (κ2) is 7.42. The van der Waals surface area contributed by atoms with Gasteiger partial charge < -0.3 is 20.9 Å². The van der Waals surface area contributed by atoms with Crippen LogP contribution in [0.1, 0.15) is 5.56 Å². The fourth-order valence-corrected chi connectivity index (χ4v) is 3.32. The maximum atomic E-state index is 5.72. The Labute approximate surface area is 151 Å². The molecule has 2 aliphatic heterocycles. The monoisotopic (exact) mass is 356 g/mol. The van der Waals surface area contributed by atoms with Crippen LogP contribution in [0, 0.1) is 0 Å². The summed E-state index contributed by atoms with van der Waals surface area (Å²) in [4.78, 5) is 10.8. The van der Waals surface area contributed by atoms with E-state index in [-0.39, 0.29) is 5.95 Å². The minimum absolute atomic E-state index is 0.203. The molecular formula is C17H24N8O. The minimum Gasteiger partial charge on any atom is -0.379 e. The summed E-state index contributed by atoms with van der Waals surface area (Å²) >= 11 is 0. The maximum Gasteiger partial charge on any atom is 0.222 e. The smallest absolute Gasteiger partial charge is 0.222 e. The van der Waals surface area contributed by atoms with E-state index in [0.29, 0.717) is 5.82 Å². The van der Waals surface area contributed by atoms with Crippen LogP contribution in [0.4, 0.5) is 11.8 Å². The number of hydrogen-bond acceptors (Lipinski definition) is 9. The molecule has 0 bridgehead atoms. The van der Waals surface area contributed by atoms with Crippen molar-refractivity contribution in [2.45, 2.75) is 0 Å². The second-order valence-corrected chi connectivity index (χ2v) is 6.44. The van der Waals surface area contributed by atoms with Gasteiger partial charge in [0.2, 0.25) is 5.95 Å². The van der Waals surface area contributed by atoms with Gasteiger partial charge in [0, 0.05) is 44.3 Å². The summed E-state index contributed by atoms with van der Waals surface area (Å²) in [5.74, 6) is 6.31. The molecule has 26 heavy (non-hydrogen) atoms. The number of nitrogen functional groups attached to an aromatic ring is 2. The Bertz CT molecular complexity index is 818. The van der Waals surface area contributed by atoms with Crippen molar-refractivity contribution in [2.24, 2.45) is 5.84 Å². The Morgan fingerprint density at radius 2 is 2.04 bits per heavy atom. The highest BCUT2D eigenvalue weighted by atomic mass is 16.5. The number of ether oxygens (including phenoxy) is 1. The van der Waals surface area contributed by atoms with Crippen molar-refractivity contribution in [3.63, 3.8) is 0 Å². The molecule has 2 aromatic rings. The molecule has 0 atom stereocenters. The van der Waals surface area contributed by atoms with Gasteiger partial charge in [0.1, 0.15) is 0 Å². The van der Waals surface area contributed by atoms with Gasteiger partial charge in [0.15, 0.2) is 5.82 Å². The molecule has 9 heteroatoms. The number of aromatic nitrogens is 2. The molecule has 1 fully saturated rings. The van der Waals surface area contributed by atoms with Gasteiger partial charge in [-0.3, -0.25) is 4.90 Å². The first-order valence-electron chi connectivity index (χ1n) is 8.78. The third-order valence-electron chi connectivity index (χ3n) is 4.77. The SMILES string of the molecule is NNc1nc(N)nc2ccc(C3=CN(CCN4CCOCC4)NC3)cc12. The fraction of sp³-hybridized carbons (Fsp3) is 0.412. The van der Waals surface area contributed by atoms with Gasteiger partial charge in [0.25, 0.3) is 0 Å². The fourth-order valence-electron chi connectivity index (χ4n) is 3.32. The van der Waals surface area contributed by atoms with Crippen molar-refractivity contribution in [2.75, 3.05) is 57.1 Å². The van der Waals surface area contributed by atoms with Crippen molar-refractivity contribution in [3.8, 4) is 0 Å². The quantitative estimate of drug-likeness (QED) is 0.433. The van der Waals surface area contributed by atoms with Gasteiger partial charge >= 0.3 is 0 Å². The predicted molar refractivity (Wildman–Crippen MR) is 102 cm³/mol. The molecule has 0 amide bonds. The van der Waals surface area contributed by atoms with Crippen LogP contribution in [0.5, 0.6) is 0 Å². The third-order valence-corrected chi connectivity index (χ3v) is 4.77. The van der Waals surface area contributed by atoms with Crippen LogP contribution < -0.4 is 22.4 Å². The number of nitrogens with zero attached hydrogens (tertiary/aromatic N) is 4. The maximum absolute atomic E-state index is 5.72. The van der Waals surface area contributed by atoms with Crippen molar-refractivity contribution in [3.05, 3.63) is 30.0 Å². The van der Waals surface area contributed by atoms with Gasteiger partial charge in [0.05, 0.1) is 18.7 Å². The van der Waals surface area contributed by atoms with Crippen molar-refractivity contribution in [1.29, 1.82) is 0 Å². The highest BCUT2D eigenvalue weighted by Gasteiger charge is 2.17. The molecule has 2 aliphatic rings. The molecule has 6 N–H and O–H groups in total. The normalized spacial score (nSPS) is 18.3. The molecule has 9 nitrogen and oxygen atoms in total. The molecule has 3 heterocycles. The lowest BCUT2D eigenvalue weighted by Crippen LogP contribution is -2.42. The van der Waals surface area contributed by atoms with E-state index in [0.717, 1.165) is 62.4 Å². The zero-order chi connectivity index (χ0) is 17.9. The molecule has 1 aromatic heterocycles. The van der Waals surface area contributed by atoms with E-state index >= 15 is 0 Å². The molecular weight excluding hydrogens is 332 g/mol. The van der Waals surface area contributed by atoms with Gasteiger partial charge in [-0.1, -0.05) is 6.07 Å². The van der Waals surface area contributed by atoms with E-state index in [1.54, 1.807) is 0 Å². The molecule has 138 valence electrons. The van der Waals surface area contributed by atoms with Crippen molar-refractivity contribution >= 4 is 28.2 Å². The Balaban J connectivity index is 1.49. The van der Waals surface area contributed by atoms with Crippen LogP contribution in [-0.4, -0.2) is 65.8 Å². The van der Waals surface area contributed by atoms with Crippen LogP contribution >= 0.6 is 0 Å². The van der Waals surface area contributed by atoms with E-state index < -0.39 is 0 Å². The third kappa shape index (κ3) is 3.56. The highest BCUT2D eigenvalue weighted by Crippen LogP contribution is 2.26. The number of morpholine rings is 1. The number of fused-ring (bicyclic) bond motifs is 1. The molecule has 1 saturated heterocycles. The van der Waals surface area contributed by atoms with E-state index in [1.807, 2.05) is 18.2 Å². The second-order valence-electron chi connectivity index (χ2n) is 6.44. The molecule has 0 aliphatic carbocycles. The molecule has 1 aromatic carbocycles. The Morgan fingerprint density at radius 1 is 1.19 bits per heavy atom. The first kappa shape index (κ1) is 17.0. The number of nitrogens with one attached hydrogen (secondary N) is 2. The topological polar surface area (TPSA) is 118 Å². The Hall–Kier alpha value is -2.46. The van der Waals surface area contributed by atoms with Gasteiger partial charge in [-0.2, -0.15) is 4.98 Å². The van der Waals surface area contributed by atoms with E-state index in [4.69, 9.17) is 16.3 Å². The van der Waals surface area contributed by atoms with E-state index in [1.165, 1.54) is 5.57 Å². The Kier molecular flexibility index (Phi) is 4.85. The van der Waals surface area contributed by atoms with Crippen LogP contribution in [0.3, 0.4) is 0 Å². The number of nitrogens with two attached hydrogens (primary N) is 2. The Morgan fingerprint density at radius 3 is 2.85 bits per heavy atom. The lowest BCUT2D eigenvalue weighted by atomic mass is 10.0. The summed E-state index contributed by atoms with van der Waals surface area (Å²) in [5, 5.41) is 3.00. The van der Waals surface area contributed by atoms with Crippen LogP contribution in [0.15, 0.2) is 24.4 Å². The summed E-state index contributed by atoms with van der Waals surface area (Å²) in [5.41, 5.74) is 14.8. The zero-order valence-corrected chi connectivity index (χ0v) is 14.6.